The van der Waals surface area contributed by atoms with E-state index in [1.165, 1.54) is 0 Å². The molecule has 0 radical (unpaired) electrons. The van der Waals surface area contributed by atoms with Gasteiger partial charge in [0.2, 0.25) is 5.91 Å². The van der Waals surface area contributed by atoms with Crippen LogP contribution in [0.4, 0.5) is 5.82 Å². The third-order valence-electron chi connectivity index (χ3n) is 4.65. The van der Waals surface area contributed by atoms with Crippen LogP contribution in [0.5, 0.6) is 0 Å². The first kappa shape index (κ1) is 14.2. The molecule has 0 aliphatic heterocycles. The topological polar surface area (TPSA) is 86.5 Å². The summed E-state index contributed by atoms with van der Waals surface area (Å²) in [6.07, 6.45) is 3.91. The minimum absolute atomic E-state index is 0.0676. The van der Waals surface area contributed by atoms with Gasteiger partial charge in [-0.25, -0.2) is 9.97 Å². The molecule has 6 heteroatoms. The second-order valence-corrected chi connectivity index (χ2v) is 6.61. The maximum Gasteiger partial charge on any atom is 0.228 e. The summed E-state index contributed by atoms with van der Waals surface area (Å²) in [4.78, 5) is 27.4. The number of anilines is 1. The lowest BCUT2D eigenvalue weighted by Crippen LogP contribution is -2.14. The van der Waals surface area contributed by atoms with Gasteiger partial charge in [-0.05, 0) is 49.6 Å². The van der Waals surface area contributed by atoms with Gasteiger partial charge in [-0.2, -0.15) is 0 Å². The van der Waals surface area contributed by atoms with Crippen molar-refractivity contribution in [2.24, 2.45) is 5.92 Å². The second kappa shape index (κ2) is 5.17. The molecule has 3 heterocycles. The smallest absolute Gasteiger partial charge is 0.228 e. The Kier molecular flexibility index (Phi) is 2.94. The minimum atomic E-state index is 0.0676. The molecule has 0 unspecified atom stereocenters. The molecule has 3 aromatic heterocycles. The first-order valence-electron chi connectivity index (χ1n) is 8.43. The first-order valence-corrected chi connectivity index (χ1v) is 8.43. The van der Waals surface area contributed by atoms with Crippen LogP contribution in [0.1, 0.15) is 18.7 Å². The van der Waals surface area contributed by atoms with Gasteiger partial charge in [-0.1, -0.05) is 6.07 Å². The Labute approximate surface area is 143 Å². The van der Waals surface area contributed by atoms with Crippen LogP contribution < -0.4 is 5.32 Å². The molecule has 6 nitrogen and oxygen atoms in total. The van der Waals surface area contributed by atoms with Gasteiger partial charge in [-0.15, -0.1) is 0 Å². The maximum atomic E-state index is 11.9. The molecule has 0 spiro atoms. The Morgan fingerprint density at radius 3 is 2.92 bits per heavy atom. The number of carbonyl (C=O) groups is 1. The number of aromatic amines is 2. The first-order chi connectivity index (χ1) is 12.2. The van der Waals surface area contributed by atoms with Crippen molar-refractivity contribution in [2.75, 3.05) is 5.32 Å². The monoisotopic (exact) mass is 331 g/mol. The number of nitrogens with zero attached hydrogens (tertiary/aromatic N) is 2. The Bertz CT molecular complexity index is 1120. The number of rotatable bonds is 3. The fourth-order valence-electron chi connectivity index (χ4n) is 3.19. The highest BCUT2D eigenvalue weighted by Crippen LogP contribution is 2.32. The van der Waals surface area contributed by atoms with Gasteiger partial charge >= 0.3 is 0 Å². The molecule has 4 aromatic rings. The van der Waals surface area contributed by atoms with Gasteiger partial charge < -0.3 is 15.3 Å². The molecular weight excluding hydrogens is 314 g/mol. The Morgan fingerprint density at radius 1 is 1.20 bits per heavy atom. The molecule has 0 saturated heterocycles. The number of pyridine rings is 1. The van der Waals surface area contributed by atoms with E-state index < -0.39 is 0 Å². The Balaban J connectivity index is 1.53. The normalized spacial score (nSPS) is 14.3. The quantitative estimate of drug-likeness (QED) is 0.534. The number of amides is 1. The Morgan fingerprint density at radius 2 is 2.08 bits per heavy atom. The number of carbonyl (C=O) groups excluding carboxylic acids is 1. The SMILES string of the molecule is Cc1nc2cc(-c3c[nH]c4nc(NC(=O)C5CC5)ccc34)ccc2[nH]1. The van der Waals surface area contributed by atoms with E-state index >= 15 is 0 Å². The highest BCUT2D eigenvalue weighted by molar-refractivity contribution is 5.98. The molecule has 0 atom stereocenters. The largest absolute Gasteiger partial charge is 0.345 e. The number of nitrogens with one attached hydrogen (secondary N) is 3. The summed E-state index contributed by atoms with van der Waals surface area (Å²) in [6, 6.07) is 10.0. The maximum absolute atomic E-state index is 11.9. The second-order valence-electron chi connectivity index (χ2n) is 6.61. The molecular formula is C19H17N5O. The van der Waals surface area contributed by atoms with Crippen LogP contribution in [-0.4, -0.2) is 25.8 Å². The molecule has 1 aliphatic rings. The van der Waals surface area contributed by atoms with Crippen molar-refractivity contribution >= 4 is 33.8 Å². The van der Waals surface area contributed by atoms with Crippen LogP contribution in [-0.2, 0) is 4.79 Å². The zero-order chi connectivity index (χ0) is 17.0. The van der Waals surface area contributed by atoms with Crippen molar-refractivity contribution in [3.05, 3.63) is 42.4 Å². The number of fused-ring (bicyclic) bond motifs is 2. The molecule has 1 saturated carbocycles. The van der Waals surface area contributed by atoms with E-state index in [1.807, 2.05) is 31.3 Å². The average molecular weight is 331 g/mol. The number of imidazole rings is 1. The Hall–Kier alpha value is -3.15. The number of hydrogen-bond acceptors (Lipinski definition) is 3. The number of aromatic nitrogens is 4. The van der Waals surface area contributed by atoms with Gasteiger partial charge in [0.1, 0.15) is 17.3 Å². The van der Waals surface area contributed by atoms with Crippen molar-refractivity contribution in [3.63, 3.8) is 0 Å². The van der Waals surface area contributed by atoms with Crippen molar-refractivity contribution < 1.29 is 4.79 Å². The van der Waals surface area contributed by atoms with Crippen molar-refractivity contribution in [2.45, 2.75) is 19.8 Å². The molecule has 1 aliphatic carbocycles. The van der Waals surface area contributed by atoms with E-state index in [0.717, 1.165) is 51.9 Å². The average Bonchev–Trinajstić information content (AvgIpc) is 3.27. The summed E-state index contributed by atoms with van der Waals surface area (Å²) in [5, 5.41) is 3.91. The predicted molar refractivity (Wildman–Crippen MR) is 97.3 cm³/mol. The van der Waals surface area contributed by atoms with E-state index in [-0.39, 0.29) is 11.8 Å². The van der Waals surface area contributed by atoms with Crippen LogP contribution in [0, 0.1) is 12.8 Å². The highest BCUT2D eigenvalue weighted by atomic mass is 16.2. The third kappa shape index (κ3) is 2.46. The fourth-order valence-corrected chi connectivity index (χ4v) is 3.19. The van der Waals surface area contributed by atoms with Gasteiger partial charge in [0, 0.05) is 23.1 Å². The highest BCUT2D eigenvalue weighted by Gasteiger charge is 2.29. The van der Waals surface area contributed by atoms with Crippen LogP contribution in [0.2, 0.25) is 0 Å². The van der Waals surface area contributed by atoms with Crippen LogP contribution in [0.3, 0.4) is 0 Å². The van der Waals surface area contributed by atoms with Crippen LogP contribution >= 0.6 is 0 Å². The number of aryl methyl sites for hydroxylation is 1. The van der Waals surface area contributed by atoms with Crippen molar-refractivity contribution in [1.82, 2.24) is 19.9 Å². The summed E-state index contributed by atoms with van der Waals surface area (Å²) in [5.74, 6) is 1.73. The number of benzene rings is 1. The number of hydrogen-bond donors (Lipinski definition) is 3. The van der Waals surface area contributed by atoms with E-state index in [4.69, 9.17) is 0 Å². The van der Waals surface area contributed by atoms with E-state index in [1.54, 1.807) is 0 Å². The molecule has 124 valence electrons. The lowest BCUT2D eigenvalue weighted by Gasteiger charge is -2.04. The van der Waals surface area contributed by atoms with Gasteiger partial charge in [-0.3, -0.25) is 4.79 Å². The molecule has 5 rings (SSSR count). The lowest BCUT2D eigenvalue weighted by atomic mass is 10.1. The third-order valence-corrected chi connectivity index (χ3v) is 4.65. The molecule has 0 bridgehead atoms. The van der Waals surface area contributed by atoms with Crippen molar-refractivity contribution in [1.29, 1.82) is 0 Å². The standard InChI is InChI=1S/C19H17N5O/c1-10-21-15-6-4-12(8-16(15)22-10)14-9-20-18-13(14)5-7-17(23-18)24-19(25)11-2-3-11/h4-9,11H,2-3H2,1H3,(H,21,22)(H2,20,23,24,25). The van der Waals surface area contributed by atoms with Gasteiger partial charge in [0.25, 0.3) is 0 Å². The van der Waals surface area contributed by atoms with E-state index in [2.05, 4.69) is 37.4 Å². The minimum Gasteiger partial charge on any atom is -0.345 e. The molecule has 1 amide bonds. The molecule has 3 N–H and O–H groups in total. The summed E-state index contributed by atoms with van der Waals surface area (Å²) < 4.78 is 0. The lowest BCUT2D eigenvalue weighted by molar-refractivity contribution is -0.117. The summed E-state index contributed by atoms with van der Waals surface area (Å²) in [7, 11) is 0. The van der Waals surface area contributed by atoms with Gasteiger partial charge in [0.15, 0.2) is 0 Å². The molecule has 1 fully saturated rings. The zero-order valence-electron chi connectivity index (χ0n) is 13.8. The molecule has 1 aromatic carbocycles. The fraction of sp³-hybridized carbons (Fsp3) is 0.211. The van der Waals surface area contributed by atoms with Crippen LogP contribution in [0.15, 0.2) is 36.5 Å². The summed E-state index contributed by atoms with van der Waals surface area (Å²) >= 11 is 0. The summed E-state index contributed by atoms with van der Waals surface area (Å²) in [5.41, 5.74) is 4.91. The van der Waals surface area contributed by atoms with Crippen molar-refractivity contribution in [3.8, 4) is 11.1 Å². The van der Waals surface area contributed by atoms with E-state index in [9.17, 15) is 4.79 Å². The predicted octanol–water partition coefficient (Wildman–Crippen LogP) is 3.76. The van der Waals surface area contributed by atoms with Gasteiger partial charge in [0.05, 0.1) is 11.0 Å². The number of H-pyrrole nitrogens is 2. The van der Waals surface area contributed by atoms with Crippen LogP contribution in [0.25, 0.3) is 33.2 Å². The molecule has 25 heavy (non-hydrogen) atoms. The zero-order valence-corrected chi connectivity index (χ0v) is 13.8. The van der Waals surface area contributed by atoms with E-state index in [0.29, 0.717) is 5.82 Å². The summed E-state index contributed by atoms with van der Waals surface area (Å²) in [6.45, 7) is 1.95.